The van der Waals surface area contributed by atoms with Crippen molar-refractivity contribution in [3.63, 3.8) is 0 Å². The molecule has 2 heterocycles. The number of ether oxygens (including phenoxy) is 1. The first-order valence-corrected chi connectivity index (χ1v) is 11.1. The molecule has 0 saturated heterocycles. The van der Waals surface area contributed by atoms with E-state index in [2.05, 4.69) is 31.1 Å². The van der Waals surface area contributed by atoms with E-state index in [9.17, 15) is 9.59 Å². The maximum absolute atomic E-state index is 13.1. The number of aryl methyl sites for hydroxylation is 2. The number of amides is 1. The van der Waals surface area contributed by atoms with Crippen molar-refractivity contribution in [2.24, 2.45) is 0 Å². The smallest absolute Gasteiger partial charge is 0.262 e. The molecule has 0 bridgehead atoms. The van der Waals surface area contributed by atoms with E-state index in [0.717, 1.165) is 41.6 Å². The van der Waals surface area contributed by atoms with E-state index < -0.39 is 0 Å². The van der Waals surface area contributed by atoms with Crippen molar-refractivity contribution in [1.29, 1.82) is 0 Å². The summed E-state index contributed by atoms with van der Waals surface area (Å²) in [7, 11) is 1.57. The van der Waals surface area contributed by atoms with Gasteiger partial charge in [0.1, 0.15) is 17.1 Å². The second-order valence-corrected chi connectivity index (χ2v) is 9.87. The molecule has 30 heavy (non-hydrogen) atoms. The summed E-state index contributed by atoms with van der Waals surface area (Å²) in [6.45, 7) is 6.25. The Hall–Kier alpha value is -2.67. The summed E-state index contributed by atoms with van der Waals surface area (Å²) < 4.78 is 6.81. The highest BCUT2D eigenvalue weighted by Crippen LogP contribution is 2.34. The Morgan fingerprint density at radius 3 is 2.77 bits per heavy atom. The molecule has 1 aromatic carbocycles. The molecule has 2 aromatic heterocycles. The van der Waals surface area contributed by atoms with Crippen molar-refractivity contribution in [2.75, 3.05) is 12.4 Å². The number of methoxy groups -OCH3 is 1. The molecule has 4 rings (SSSR count). The van der Waals surface area contributed by atoms with Gasteiger partial charge >= 0.3 is 0 Å². The summed E-state index contributed by atoms with van der Waals surface area (Å²) in [4.78, 5) is 32.4. The minimum absolute atomic E-state index is 0.0598. The number of hydrogen-bond acceptors (Lipinski definition) is 5. The Balaban J connectivity index is 1.61. The van der Waals surface area contributed by atoms with Crippen LogP contribution in [0.3, 0.4) is 0 Å². The van der Waals surface area contributed by atoms with Gasteiger partial charge in [-0.1, -0.05) is 26.8 Å². The predicted molar refractivity (Wildman–Crippen MR) is 121 cm³/mol. The Morgan fingerprint density at radius 2 is 2.03 bits per heavy atom. The molecule has 0 atom stereocenters. The van der Waals surface area contributed by atoms with Crippen LogP contribution in [-0.4, -0.2) is 22.6 Å². The molecular formula is C23H27N3O3S. The first-order chi connectivity index (χ1) is 14.3. The molecule has 1 amide bonds. The van der Waals surface area contributed by atoms with Crippen molar-refractivity contribution in [3.05, 3.63) is 50.9 Å². The number of carbonyl (C=O) groups excluding carboxylic acids is 1. The largest absolute Gasteiger partial charge is 0.495 e. The van der Waals surface area contributed by atoms with Gasteiger partial charge in [0.05, 0.1) is 24.5 Å². The van der Waals surface area contributed by atoms with Crippen LogP contribution in [0.25, 0.3) is 10.2 Å². The topological polar surface area (TPSA) is 73.2 Å². The zero-order chi connectivity index (χ0) is 21.5. The quantitative estimate of drug-likeness (QED) is 0.677. The molecule has 158 valence electrons. The summed E-state index contributed by atoms with van der Waals surface area (Å²) in [6.07, 6.45) is 5.66. The molecule has 6 nitrogen and oxygen atoms in total. The second-order valence-electron chi connectivity index (χ2n) is 8.78. The Morgan fingerprint density at radius 1 is 1.27 bits per heavy atom. The number of fused-ring (bicyclic) bond motifs is 3. The number of nitrogens with one attached hydrogen (secondary N) is 1. The number of hydrogen-bond donors (Lipinski definition) is 1. The molecule has 0 aliphatic heterocycles. The van der Waals surface area contributed by atoms with Gasteiger partial charge in [-0.15, -0.1) is 11.3 Å². The fraction of sp³-hybridized carbons (Fsp3) is 0.435. The lowest BCUT2D eigenvalue weighted by Gasteiger charge is -2.21. The maximum atomic E-state index is 13.1. The maximum Gasteiger partial charge on any atom is 0.262 e. The second kappa shape index (κ2) is 7.87. The Labute approximate surface area is 179 Å². The number of thiophene rings is 1. The van der Waals surface area contributed by atoms with E-state index in [0.29, 0.717) is 16.8 Å². The minimum Gasteiger partial charge on any atom is -0.495 e. The summed E-state index contributed by atoms with van der Waals surface area (Å²) >= 11 is 1.61. The van der Waals surface area contributed by atoms with Gasteiger partial charge in [-0.3, -0.25) is 14.2 Å². The van der Waals surface area contributed by atoms with Crippen LogP contribution < -0.4 is 15.6 Å². The fourth-order valence-electron chi connectivity index (χ4n) is 3.91. The van der Waals surface area contributed by atoms with Crippen LogP contribution in [0.5, 0.6) is 5.75 Å². The molecule has 1 aliphatic rings. The molecule has 1 aliphatic carbocycles. The predicted octanol–water partition coefficient (Wildman–Crippen LogP) is 4.28. The highest BCUT2D eigenvalue weighted by molar-refractivity contribution is 7.18. The summed E-state index contributed by atoms with van der Waals surface area (Å²) in [5, 5.41) is 3.60. The zero-order valence-electron chi connectivity index (χ0n) is 17.9. The van der Waals surface area contributed by atoms with Gasteiger partial charge in [-0.25, -0.2) is 4.98 Å². The van der Waals surface area contributed by atoms with E-state index in [1.165, 1.54) is 15.8 Å². The average molecular weight is 426 g/mol. The Kier molecular flexibility index (Phi) is 5.40. The molecule has 0 radical (unpaired) electrons. The first-order valence-electron chi connectivity index (χ1n) is 10.3. The van der Waals surface area contributed by atoms with Gasteiger partial charge in [0.2, 0.25) is 5.91 Å². The molecule has 0 unspecified atom stereocenters. The van der Waals surface area contributed by atoms with E-state index in [1.807, 2.05) is 18.2 Å². The van der Waals surface area contributed by atoms with E-state index >= 15 is 0 Å². The zero-order valence-corrected chi connectivity index (χ0v) is 18.7. The highest BCUT2D eigenvalue weighted by atomic mass is 32.1. The summed E-state index contributed by atoms with van der Waals surface area (Å²) in [5.74, 6) is 0.302. The van der Waals surface area contributed by atoms with E-state index in [4.69, 9.17) is 4.74 Å². The van der Waals surface area contributed by atoms with Crippen LogP contribution in [0.4, 0.5) is 5.69 Å². The molecule has 0 fully saturated rings. The summed E-state index contributed by atoms with van der Waals surface area (Å²) in [5.41, 5.74) is 2.63. The molecule has 1 N–H and O–H groups in total. The number of nitrogens with zero attached hydrogens (tertiary/aromatic N) is 2. The number of benzene rings is 1. The third-order valence-corrected chi connectivity index (χ3v) is 6.80. The molecule has 3 aromatic rings. The first kappa shape index (κ1) is 20.6. The monoisotopic (exact) mass is 425 g/mol. The van der Waals surface area contributed by atoms with Crippen molar-refractivity contribution in [2.45, 2.75) is 58.4 Å². The number of carbonyl (C=O) groups is 1. The lowest BCUT2D eigenvalue weighted by atomic mass is 9.87. The van der Waals surface area contributed by atoms with E-state index in [-0.39, 0.29) is 23.4 Å². The molecule has 0 spiro atoms. The number of aromatic nitrogens is 2. The minimum atomic E-state index is -0.285. The van der Waals surface area contributed by atoms with Crippen LogP contribution in [0.2, 0.25) is 0 Å². The summed E-state index contributed by atoms with van der Waals surface area (Å²) in [6, 6.07) is 5.78. The molecule has 0 saturated carbocycles. The van der Waals surface area contributed by atoms with Gasteiger partial charge < -0.3 is 10.1 Å². The normalized spacial score (nSPS) is 13.9. The lowest BCUT2D eigenvalue weighted by Crippen LogP contribution is -2.28. The van der Waals surface area contributed by atoms with Gasteiger partial charge in [-0.2, -0.15) is 0 Å². The average Bonchev–Trinajstić information content (AvgIpc) is 3.08. The van der Waals surface area contributed by atoms with Crippen molar-refractivity contribution < 1.29 is 9.53 Å². The number of anilines is 1. The van der Waals surface area contributed by atoms with Crippen LogP contribution in [0.1, 0.15) is 49.6 Å². The molecule has 7 heteroatoms. The lowest BCUT2D eigenvalue weighted by molar-refractivity contribution is -0.116. The van der Waals surface area contributed by atoms with Crippen LogP contribution >= 0.6 is 11.3 Å². The third kappa shape index (κ3) is 3.86. The van der Waals surface area contributed by atoms with E-state index in [1.54, 1.807) is 18.4 Å². The number of rotatable bonds is 4. The molecular weight excluding hydrogens is 398 g/mol. The van der Waals surface area contributed by atoms with Crippen LogP contribution in [0.15, 0.2) is 29.3 Å². The SMILES string of the molecule is COc1ccc(C(C)(C)C)cc1NC(=O)Cn1cnc2sc3c(c2c1=O)CCCC3. The van der Waals surface area contributed by atoms with Crippen molar-refractivity contribution >= 4 is 33.1 Å². The van der Waals surface area contributed by atoms with Crippen LogP contribution in [0, 0.1) is 0 Å². The van der Waals surface area contributed by atoms with Crippen molar-refractivity contribution in [3.8, 4) is 5.75 Å². The fourth-order valence-corrected chi connectivity index (χ4v) is 5.13. The van der Waals surface area contributed by atoms with Crippen LogP contribution in [-0.2, 0) is 29.6 Å². The van der Waals surface area contributed by atoms with Gasteiger partial charge in [0, 0.05) is 4.88 Å². The standard InChI is InChI=1S/C23H27N3O3S/c1-23(2,3)14-9-10-17(29-4)16(11-14)25-19(27)12-26-13-24-21-20(22(26)28)15-7-5-6-8-18(15)30-21/h9-11,13H,5-8,12H2,1-4H3,(H,25,27). The van der Waals surface area contributed by atoms with Gasteiger partial charge in [-0.05, 0) is 54.4 Å². The third-order valence-electron chi connectivity index (χ3n) is 5.60. The van der Waals surface area contributed by atoms with Crippen molar-refractivity contribution in [1.82, 2.24) is 9.55 Å². The Bertz CT molecular complexity index is 1170. The van der Waals surface area contributed by atoms with Gasteiger partial charge in [0.25, 0.3) is 5.56 Å². The highest BCUT2D eigenvalue weighted by Gasteiger charge is 2.21. The van der Waals surface area contributed by atoms with Gasteiger partial charge in [0.15, 0.2) is 0 Å².